The number of nitrogens with two attached hydrogens (primary N) is 1. The van der Waals surface area contributed by atoms with Crippen molar-refractivity contribution in [3.8, 4) is 0 Å². The van der Waals surface area contributed by atoms with Crippen molar-refractivity contribution in [2.75, 3.05) is 0 Å². The van der Waals surface area contributed by atoms with Gasteiger partial charge < -0.3 is 5.73 Å². The van der Waals surface area contributed by atoms with E-state index >= 15 is 0 Å². The highest BCUT2D eigenvalue weighted by atomic mass is 35.5. The summed E-state index contributed by atoms with van der Waals surface area (Å²) >= 11 is 7.75. The minimum Gasteiger partial charge on any atom is -0.323 e. The highest BCUT2D eigenvalue weighted by Gasteiger charge is 2.36. The second-order valence-electron chi connectivity index (χ2n) is 4.29. The molecule has 0 aliphatic carbocycles. The molecule has 1 aliphatic rings. The quantitative estimate of drug-likeness (QED) is 0.757. The second kappa shape index (κ2) is 3.65. The van der Waals surface area contributed by atoms with Crippen LogP contribution in [0.25, 0.3) is 0 Å². The van der Waals surface area contributed by atoms with Crippen molar-refractivity contribution in [3.05, 3.63) is 34.1 Å². The van der Waals surface area contributed by atoms with Crippen LogP contribution in [0.15, 0.2) is 12.1 Å². The van der Waals surface area contributed by atoms with E-state index in [9.17, 15) is 4.39 Å². The summed E-state index contributed by atoms with van der Waals surface area (Å²) in [5.74, 6) is 0.488. The molecule has 0 amide bonds. The fourth-order valence-electron chi connectivity index (χ4n) is 1.79. The molecule has 2 N–H and O–H groups in total. The largest absolute Gasteiger partial charge is 0.323 e. The summed E-state index contributed by atoms with van der Waals surface area (Å²) < 4.78 is 13.6. The normalized spacial score (nSPS) is 23.7. The van der Waals surface area contributed by atoms with Crippen LogP contribution < -0.4 is 5.73 Å². The number of hydrogen-bond donors (Lipinski definition) is 1. The highest BCUT2D eigenvalue weighted by molar-refractivity contribution is 8.00. The molecule has 1 aliphatic heterocycles. The molecule has 0 spiro atoms. The number of halogens is 2. The molecule has 0 radical (unpaired) electrons. The first kappa shape index (κ1) is 11.2. The molecule has 0 bridgehead atoms. The third kappa shape index (κ3) is 1.77. The Labute approximate surface area is 98.2 Å². The lowest BCUT2D eigenvalue weighted by atomic mass is 9.91. The highest BCUT2D eigenvalue weighted by Crippen LogP contribution is 2.46. The first-order valence-corrected chi connectivity index (χ1v) is 6.16. The molecular formula is C11H13ClFNS. The predicted octanol–water partition coefficient (Wildman–Crippen LogP) is 3.50. The summed E-state index contributed by atoms with van der Waals surface area (Å²) in [6.07, 6.45) is 0. The summed E-state index contributed by atoms with van der Waals surface area (Å²) in [5, 5.41) is 0.616. The van der Waals surface area contributed by atoms with Crippen molar-refractivity contribution in [2.45, 2.75) is 30.4 Å². The van der Waals surface area contributed by atoms with Gasteiger partial charge in [0.15, 0.2) is 0 Å². The molecule has 1 nitrogen and oxygen atoms in total. The Hall–Kier alpha value is -0.250. The van der Waals surface area contributed by atoms with Gasteiger partial charge in [-0.2, -0.15) is 0 Å². The van der Waals surface area contributed by atoms with E-state index in [1.165, 1.54) is 6.07 Å². The molecule has 1 heterocycles. The van der Waals surface area contributed by atoms with E-state index in [2.05, 4.69) is 0 Å². The summed E-state index contributed by atoms with van der Waals surface area (Å²) in [6.45, 7) is 4.07. The third-order valence-electron chi connectivity index (χ3n) is 2.90. The van der Waals surface area contributed by atoms with E-state index in [1.54, 1.807) is 17.8 Å². The van der Waals surface area contributed by atoms with Gasteiger partial charge in [0.2, 0.25) is 0 Å². The number of hydrogen-bond acceptors (Lipinski definition) is 2. The van der Waals surface area contributed by atoms with Gasteiger partial charge >= 0.3 is 0 Å². The van der Waals surface area contributed by atoms with Crippen molar-refractivity contribution in [2.24, 2.45) is 5.73 Å². The Morgan fingerprint density at radius 2 is 2.20 bits per heavy atom. The number of rotatable bonds is 0. The molecule has 1 unspecified atom stereocenters. The lowest BCUT2D eigenvalue weighted by Gasteiger charge is -2.37. The van der Waals surface area contributed by atoms with E-state index < -0.39 is 0 Å². The van der Waals surface area contributed by atoms with Crippen molar-refractivity contribution in [1.29, 1.82) is 0 Å². The average Bonchev–Trinajstić information content (AvgIpc) is 2.16. The fourth-order valence-corrected chi connectivity index (χ4v) is 3.22. The van der Waals surface area contributed by atoms with Gasteiger partial charge in [-0.1, -0.05) is 11.6 Å². The minimum absolute atomic E-state index is 0.140. The Morgan fingerprint density at radius 1 is 1.53 bits per heavy atom. The van der Waals surface area contributed by atoms with Gasteiger partial charge in [0.05, 0.1) is 0 Å². The summed E-state index contributed by atoms with van der Waals surface area (Å²) in [7, 11) is 0. The summed E-state index contributed by atoms with van der Waals surface area (Å²) in [6, 6.07) is 2.69. The number of benzene rings is 1. The lowest BCUT2D eigenvalue weighted by molar-refractivity contribution is 0.509. The first-order valence-electron chi connectivity index (χ1n) is 4.80. The van der Waals surface area contributed by atoms with Crippen molar-refractivity contribution >= 4 is 23.4 Å². The maximum Gasteiger partial charge on any atom is 0.128 e. The molecule has 1 aromatic rings. The van der Waals surface area contributed by atoms with Crippen molar-refractivity contribution in [1.82, 2.24) is 0 Å². The first-order chi connectivity index (χ1) is 6.93. The van der Waals surface area contributed by atoms with Crippen LogP contribution in [0.5, 0.6) is 0 Å². The van der Waals surface area contributed by atoms with Crippen LogP contribution in [0.3, 0.4) is 0 Å². The molecule has 0 saturated carbocycles. The van der Waals surface area contributed by atoms with E-state index in [1.807, 2.05) is 13.8 Å². The van der Waals surface area contributed by atoms with Crippen LogP contribution in [-0.2, 0) is 5.75 Å². The number of fused-ring (bicyclic) bond motifs is 1. The molecule has 15 heavy (non-hydrogen) atoms. The molecular weight excluding hydrogens is 233 g/mol. The molecule has 82 valence electrons. The van der Waals surface area contributed by atoms with Gasteiger partial charge in [0, 0.05) is 27.1 Å². The van der Waals surface area contributed by atoms with Gasteiger partial charge in [-0.25, -0.2) is 4.39 Å². The molecule has 0 aromatic heterocycles. The van der Waals surface area contributed by atoms with Crippen molar-refractivity contribution in [3.63, 3.8) is 0 Å². The zero-order chi connectivity index (χ0) is 11.2. The summed E-state index contributed by atoms with van der Waals surface area (Å²) in [4.78, 5) is 0. The molecule has 4 heteroatoms. The van der Waals surface area contributed by atoms with E-state index in [-0.39, 0.29) is 16.6 Å². The monoisotopic (exact) mass is 245 g/mol. The SMILES string of the molecule is CC1(C)SCc2c(Cl)ccc(F)c2C1N. The Morgan fingerprint density at radius 3 is 2.87 bits per heavy atom. The Bertz CT molecular complexity index is 406. The Kier molecular flexibility index (Phi) is 2.73. The third-order valence-corrected chi connectivity index (χ3v) is 4.68. The van der Waals surface area contributed by atoms with Gasteiger partial charge in [-0.3, -0.25) is 0 Å². The van der Waals surface area contributed by atoms with Crippen LogP contribution in [0.1, 0.15) is 31.0 Å². The van der Waals surface area contributed by atoms with Crippen LogP contribution in [0, 0.1) is 5.82 Å². The smallest absolute Gasteiger partial charge is 0.128 e. The van der Waals surface area contributed by atoms with E-state index in [0.717, 1.165) is 11.3 Å². The van der Waals surface area contributed by atoms with Crippen molar-refractivity contribution < 1.29 is 4.39 Å². The van der Waals surface area contributed by atoms with Gasteiger partial charge in [0.25, 0.3) is 0 Å². The topological polar surface area (TPSA) is 26.0 Å². The van der Waals surface area contributed by atoms with Gasteiger partial charge in [-0.15, -0.1) is 11.8 Å². The van der Waals surface area contributed by atoms with E-state index in [0.29, 0.717) is 10.6 Å². The second-order valence-corrected chi connectivity index (χ2v) is 6.33. The lowest BCUT2D eigenvalue weighted by Crippen LogP contribution is -2.36. The maximum absolute atomic E-state index is 13.7. The average molecular weight is 246 g/mol. The van der Waals surface area contributed by atoms with Crippen LogP contribution in [-0.4, -0.2) is 4.75 Å². The predicted molar refractivity (Wildman–Crippen MR) is 63.7 cm³/mol. The molecule has 1 atom stereocenters. The van der Waals surface area contributed by atoms with Crippen LogP contribution in [0.4, 0.5) is 4.39 Å². The molecule has 1 aromatic carbocycles. The number of thioether (sulfide) groups is 1. The van der Waals surface area contributed by atoms with Crippen LogP contribution >= 0.6 is 23.4 Å². The van der Waals surface area contributed by atoms with Gasteiger partial charge in [0.1, 0.15) is 5.82 Å². The summed E-state index contributed by atoms with van der Waals surface area (Å²) in [5.41, 5.74) is 7.52. The van der Waals surface area contributed by atoms with Crippen LogP contribution in [0.2, 0.25) is 5.02 Å². The Balaban J connectivity index is 2.60. The van der Waals surface area contributed by atoms with E-state index in [4.69, 9.17) is 17.3 Å². The van der Waals surface area contributed by atoms with Gasteiger partial charge in [-0.05, 0) is 31.5 Å². The maximum atomic E-state index is 13.7. The standard InChI is InChI=1S/C11H13ClFNS/c1-11(2)10(14)9-6(5-15-11)7(12)3-4-8(9)13/h3-4,10H,5,14H2,1-2H3. The molecule has 2 rings (SSSR count). The zero-order valence-corrected chi connectivity index (χ0v) is 10.3. The fraction of sp³-hybridized carbons (Fsp3) is 0.455. The minimum atomic E-state index is -0.301. The zero-order valence-electron chi connectivity index (χ0n) is 8.68. The molecule has 0 fully saturated rings. The molecule has 0 saturated heterocycles.